The topological polar surface area (TPSA) is 125 Å². The Bertz CT molecular complexity index is 719. The summed E-state index contributed by atoms with van der Waals surface area (Å²) in [5.74, 6) is -0.254. The van der Waals surface area contributed by atoms with Crippen LogP contribution in [0.5, 0.6) is 0 Å². The summed E-state index contributed by atoms with van der Waals surface area (Å²) in [6.45, 7) is 2.99. The monoisotopic (exact) mass is 411 g/mol. The summed E-state index contributed by atoms with van der Waals surface area (Å²) in [4.78, 5) is 28.8. The highest BCUT2D eigenvalue weighted by molar-refractivity contribution is 9.10. The number of morpholine rings is 1. The minimum absolute atomic E-state index is 0.119. The molecule has 0 aliphatic carbocycles. The maximum absolute atomic E-state index is 10.4. The first kappa shape index (κ1) is 18.7. The number of ether oxygens (including phenoxy) is 1. The molecule has 1 fully saturated rings. The molecule has 0 unspecified atom stereocenters. The molecule has 0 radical (unpaired) electrons. The Labute approximate surface area is 150 Å². The molecule has 1 aliphatic rings. The summed E-state index contributed by atoms with van der Waals surface area (Å²) < 4.78 is 5.95. The molecule has 3 heterocycles. The standard InChI is InChI=1S/C9H11N3O3.C5H3BrN2O2/c13-12(14)9-2-1-8(7-10-9)11-3-5-15-6-4-11;6-4-1-2-5(7-3-4)8(9)10/h1-2,7H,3-6H2;1-3H. The first-order valence-corrected chi connectivity index (χ1v) is 7.96. The van der Waals surface area contributed by atoms with Crippen LogP contribution in [0.1, 0.15) is 0 Å². The highest BCUT2D eigenvalue weighted by atomic mass is 79.9. The molecule has 1 aliphatic heterocycles. The van der Waals surface area contributed by atoms with Gasteiger partial charge in [0.25, 0.3) is 0 Å². The third-order valence-electron chi connectivity index (χ3n) is 3.19. The highest BCUT2D eigenvalue weighted by Gasteiger charge is 2.14. The lowest BCUT2D eigenvalue weighted by atomic mass is 10.3. The molecule has 0 aromatic carbocycles. The van der Waals surface area contributed by atoms with Crippen LogP contribution in [0.3, 0.4) is 0 Å². The molecular weight excluding hydrogens is 398 g/mol. The second kappa shape index (κ2) is 8.99. The van der Waals surface area contributed by atoms with Crippen LogP contribution in [0.2, 0.25) is 0 Å². The molecule has 11 heteroatoms. The van der Waals surface area contributed by atoms with E-state index in [4.69, 9.17) is 4.74 Å². The largest absolute Gasteiger partial charge is 0.378 e. The molecule has 0 saturated carbocycles. The van der Waals surface area contributed by atoms with Gasteiger partial charge in [-0.3, -0.25) is 0 Å². The number of halogens is 1. The van der Waals surface area contributed by atoms with E-state index in [1.54, 1.807) is 12.1 Å². The van der Waals surface area contributed by atoms with Crippen molar-refractivity contribution in [1.29, 1.82) is 0 Å². The molecule has 2 aromatic heterocycles. The summed E-state index contributed by atoms with van der Waals surface area (Å²) in [5, 5.41) is 20.4. The number of aromatic nitrogens is 2. The zero-order valence-corrected chi connectivity index (χ0v) is 14.5. The van der Waals surface area contributed by atoms with Gasteiger partial charge in [0.2, 0.25) is 0 Å². The zero-order chi connectivity index (χ0) is 18.2. The summed E-state index contributed by atoms with van der Waals surface area (Å²) in [6, 6.07) is 6.05. The van der Waals surface area contributed by atoms with Gasteiger partial charge >= 0.3 is 11.6 Å². The Morgan fingerprint density at radius 2 is 1.52 bits per heavy atom. The molecule has 0 amide bonds. The van der Waals surface area contributed by atoms with Crippen molar-refractivity contribution in [2.45, 2.75) is 0 Å². The van der Waals surface area contributed by atoms with E-state index < -0.39 is 9.85 Å². The van der Waals surface area contributed by atoms with Gasteiger partial charge in [-0.05, 0) is 47.9 Å². The number of rotatable bonds is 3. The quantitative estimate of drug-likeness (QED) is 0.557. The van der Waals surface area contributed by atoms with Crippen molar-refractivity contribution in [3.63, 3.8) is 0 Å². The van der Waals surface area contributed by atoms with E-state index in [0.29, 0.717) is 13.2 Å². The van der Waals surface area contributed by atoms with Gasteiger partial charge in [-0.15, -0.1) is 0 Å². The number of nitrogens with zero attached hydrogens (tertiary/aromatic N) is 5. The van der Waals surface area contributed by atoms with E-state index in [9.17, 15) is 20.2 Å². The van der Waals surface area contributed by atoms with Gasteiger partial charge in [-0.25, -0.2) is 0 Å². The second-order valence-corrected chi connectivity index (χ2v) is 5.74. The van der Waals surface area contributed by atoms with Gasteiger partial charge < -0.3 is 29.9 Å². The predicted molar refractivity (Wildman–Crippen MR) is 92.5 cm³/mol. The lowest BCUT2D eigenvalue weighted by Gasteiger charge is -2.27. The number of pyridine rings is 2. The number of anilines is 1. The lowest BCUT2D eigenvalue weighted by molar-refractivity contribution is -0.389. The van der Waals surface area contributed by atoms with Gasteiger partial charge in [0.15, 0.2) is 12.4 Å². The lowest BCUT2D eigenvalue weighted by Crippen LogP contribution is -2.36. The summed E-state index contributed by atoms with van der Waals surface area (Å²) in [7, 11) is 0. The van der Waals surface area contributed by atoms with Crippen LogP contribution < -0.4 is 4.90 Å². The van der Waals surface area contributed by atoms with E-state index in [1.807, 2.05) is 0 Å². The number of hydrogen-bond donors (Lipinski definition) is 0. The van der Waals surface area contributed by atoms with Crippen LogP contribution in [0.4, 0.5) is 17.3 Å². The fraction of sp³-hybridized carbons (Fsp3) is 0.286. The molecular formula is C14H14BrN5O5. The first-order valence-electron chi connectivity index (χ1n) is 7.16. The first-order chi connectivity index (χ1) is 12.0. The Kier molecular flexibility index (Phi) is 6.71. The van der Waals surface area contributed by atoms with Gasteiger partial charge in [0.05, 0.1) is 23.4 Å². The fourth-order valence-corrected chi connectivity index (χ4v) is 2.21. The molecule has 0 atom stereocenters. The van der Waals surface area contributed by atoms with Crippen LogP contribution >= 0.6 is 15.9 Å². The molecule has 0 N–H and O–H groups in total. The summed E-state index contributed by atoms with van der Waals surface area (Å²) in [5.41, 5.74) is 0.906. The molecule has 0 bridgehead atoms. The summed E-state index contributed by atoms with van der Waals surface area (Å²) in [6.07, 6.45) is 2.92. The molecule has 2 aromatic rings. The van der Waals surface area contributed by atoms with E-state index in [2.05, 4.69) is 30.8 Å². The van der Waals surface area contributed by atoms with Crippen LogP contribution in [0, 0.1) is 20.2 Å². The maximum atomic E-state index is 10.4. The molecule has 25 heavy (non-hydrogen) atoms. The predicted octanol–water partition coefficient (Wildman–Crippen LogP) is 2.58. The van der Waals surface area contributed by atoms with Crippen molar-refractivity contribution in [1.82, 2.24) is 9.97 Å². The number of nitro groups is 2. The van der Waals surface area contributed by atoms with Crippen LogP contribution in [0.15, 0.2) is 41.1 Å². The van der Waals surface area contributed by atoms with Gasteiger partial charge in [-0.1, -0.05) is 0 Å². The van der Waals surface area contributed by atoms with E-state index in [-0.39, 0.29) is 11.6 Å². The van der Waals surface area contributed by atoms with Crippen molar-refractivity contribution in [3.05, 3.63) is 61.4 Å². The van der Waals surface area contributed by atoms with Crippen molar-refractivity contribution >= 4 is 33.3 Å². The molecule has 10 nitrogen and oxygen atoms in total. The normalized spacial score (nSPS) is 13.6. The minimum Gasteiger partial charge on any atom is -0.378 e. The third-order valence-corrected chi connectivity index (χ3v) is 3.66. The molecule has 0 spiro atoms. The van der Waals surface area contributed by atoms with Crippen molar-refractivity contribution < 1.29 is 14.6 Å². The van der Waals surface area contributed by atoms with Crippen LogP contribution in [0.25, 0.3) is 0 Å². The van der Waals surface area contributed by atoms with E-state index in [0.717, 1.165) is 23.2 Å². The van der Waals surface area contributed by atoms with Gasteiger partial charge in [0, 0.05) is 25.2 Å². The average Bonchev–Trinajstić information content (AvgIpc) is 2.63. The average molecular weight is 412 g/mol. The molecule has 3 rings (SSSR count). The van der Waals surface area contributed by atoms with Gasteiger partial charge in [-0.2, -0.15) is 0 Å². The van der Waals surface area contributed by atoms with Crippen molar-refractivity contribution in [3.8, 4) is 0 Å². The molecule has 132 valence electrons. The number of hydrogen-bond acceptors (Lipinski definition) is 8. The molecule has 1 saturated heterocycles. The Hall–Kier alpha value is -2.66. The Morgan fingerprint density at radius 1 is 0.960 bits per heavy atom. The minimum atomic E-state index is -0.535. The van der Waals surface area contributed by atoms with Crippen LogP contribution in [-0.2, 0) is 4.74 Å². The maximum Gasteiger partial charge on any atom is 0.363 e. The van der Waals surface area contributed by atoms with E-state index in [1.165, 1.54) is 24.5 Å². The van der Waals surface area contributed by atoms with Crippen LogP contribution in [-0.4, -0.2) is 46.1 Å². The Morgan fingerprint density at radius 3 is 1.96 bits per heavy atom. The third kappa shape index (κ3) is 5.72. The zero-order valence-electron chi connectivity index (χ0n) is 12.9. The van der Waals surface area contributed by atoms with Crippen molar-refractivity contribution in [2.75, 3.05) is 31.2 Å². The van der Waals surface area contributed by atoms with Gasteiger partial charge in [0.1, 0.15) is 0 Å². The fourth-order valence-electron chi connectivity index (χ4n) is 1.97. The Balaban J connectivity index is 0.000000196. The SMILES string of the molecule is O=[N+]([O-])c1ccc(Br)cn1.O=[N+]([O-])c1ccc(N2CCOCC2)cn1. The summed E-state index contributed by atoms with van der Waals surface area (Å²) >= 11 is 3.11. The van der Waals surface area contributed by atoms with E-state index >= 15 is 0 Å². The highest BCUT2D eigenvalue weighted by Crippen LogP contribution is 2.17. The van der Waals surface area contributed by atoms with Crippen molar-refractivity contribution in [2.24, 2.45) is 0 Å². The smallest absolute Gasteiger partial charge is 0.363 e. The second-order valence-electron chi connectivity index (χ2n) is 4.82.